The van der Waals surface area contributed by atoms with E-state index >= 15 is 0 Å². The molecule has 0 amide bonds. The van der Waals surface area contributed by atoms with Gasteiger partial charge in [-0.05, 0) is 43.7 Å². The van der Waals surface area contributed by atoms with E-state index in [1.165, 1.54) is 36.0 Å². The zero-order valence-corrected chi connectivity index (χ0v) is 12.3. The number of hydrogen-bond acceptors (Lipinski definition) is 2. The van der Waals surface area contributed by atoms with Crippen LogP contribution in [0.3, 0.4) is 0 Å². The van der Waals surface area contributed by atoms with Crippen LogP contribution in [0, 0.1) is 13.8 Å². The molecule has 0 radical (unpaired) electrons. The minimum atomic E-state index is 0.136. The van der Waals surface area contributed by atoms with Gasteiger partial charge in [-0.1, -0.05) is 18.2 Å². The van der Waals surface area contributed by atoms with Crippen LogP contribution < -0.4 is 4.74 Å². The maximum atomic E-state index is 5.99. The molecule has 0 spiro atoms. The summed E-state index contributed by atoms with van der Waals surface area (Å²) < 4.78 is 11.5. The molecule has 1 fully saturated rings. The average molecular weight is 266 g/mol. The van der Waals surface area contributed by atoms with Crippen molar-refractivity contribution >= 4 is 7.92 Å². The van der Waals surface area contributed by atoms with Crippen molar-refractivity contribution in [1.82, 2.24) is 0 Å². The Morgan fingerprint density at radius 2 is 1.94 bits per heavy atom. The molecule has 0 aromatic heterocycles. The number of benzene rings is 1. The van der Waals surface area contributed by atoms with Crippen LogP contribution in [0.15, 0.2) is 18.2 Å². The fourth-order valence-electron chi connectivity index (χ4n) is 2.32. The van der Waals surface area contributed by atoms with E-state index < -0.39 is 0 Å². The summed E-state index contributed by atoms with van der Waals surface area (Å²) in [4.78, 5) is 0. The lowest BCUT2D eigenvalue weighted by Gasteiger charge is -2.16. The van der Waals surface area contributed by atoms with Crippen LogP contribution in [0.2, 0.25) is 0 Å². The Morgan fingerprint density at radius 3 is 2.72 bits per heavy atom. The molecule has 3 heteroatoms. The van der Waals surface area contributed by atoms with Crippen molar-refractivity contribution in [2.45, 2.75) is 20.3 Å². The summed E-state index contributed by atoms with van der Waals surface area (Å²) in [6.07, 6.45) is 5.05. The Morgan fingerprint density at radius 1 is 1.17 bits per heavy atom. The first-order chi connectivity index (χ1) is 8.77. The molecule has 1 atom stereocenters. The van der Waals surface area contributed by atoms with Crippen LogP contribution >= 0.6 is 7.92 Å². The second-order valence-electron chi connectivity index (χ2n) is 4.88. The molecule has 1 saturated heterocycles. The maximum absolute atomic E-state index is 5.99. The standard InChI is InChI=1S/C15H23O2P/c1-13-5-3-6-14(2)15(13)17-9-12-18-10-4-7-16-8-11-18/h3,5-6H,4,7-12H2,1-2H3. The Labute approximate surface area is 111 Å². The highest BCUT2D eigenvalue weighted by molar-refractivity contribution is 7.57. The van der Waals surface area contributed by atoms with Crippen LogP contribution in [0.5, 0.6) is 5.75 Å². The minimum Gasteiger partial charge on any atom is -0.493 e. The van der Waals surface area contributed by atoms with Crippen LogP contribution in [-0.2, 0) is 4.74 Å². The third kappa shape index (κ3) is 3.96. The SMILES string of the molecule is Cc1cccc(C)c1OCCP1CCCOCC1. The molecule has 0 saturated carbocycles. The molecule has 1 aliphatic rings. The fourth-order valence-corrected chi connectivity index (χ4v) is 4.31. The van der Waals surface area contributed by atoms with Gasteiger partial charge < -0.3 is 9.47 Å². The average Bonchev–Trinajstić information content (AvgIpc) is 2.61. The first-order valence-corrected chi connectivity index (χ1v) is 8.66. The highest BCUT2D eigenvalue weighted by Gasteiger charge is 2.12. The lowest BCUT2D eigenvalue weighted by Crippen LogP contribution is -2.07. The van der Waals surface area contributed by atoms with Gasteiger partial charge in [-0.25, -0.2) is 0 Å². The van der Waals surface area contributed by atoms with E-state index in [1.807, 2.05) is 0 Å². The van der Waals surface area contributed by atoms with Crippen molar-refractivity contribution in [2.24, 2.45) is 0 Å². The van der Waals surface area contributed by atoms with E-state index in [9.17, 15) is 0 Å². The van der Waals surface area contributed by atoms with Crippen LogP contribution in [-0.4, -0.2) is 38.3 Å². The van der Waals surface area contributed by atoms with Crippen molar-refractivity contribution in [3.8, 4) is 5.75 Å². The molecular weight excluding hydrogens is 243 g/mol. The summed E-state index contributed by atoms with van der Waals surface area (Å²) >= 11 is 0. The van der Waals surface area contributed by atoms with Crippen molar-refractivity contribution in [2.75, 3.05) is 38.3 Å². The Bertz CT molecular complexity index is 351. The summed E-state index contributed by atoms with van der Waals surface area (Å²) in [5, 5.41) is 0. The molecule has 100 valence electrons. The van der Waals surface area contributed by atoms with Crippen LogP contribution in [0.4, 0.5) is 0 Å². The predicted molar refractivity (Wildman–Crippen MR) is 78.4 cm³/mol. The first kappa shape index (κ1) is 13.8. The molecule has 1 aliphatic heterocycles. The largest absolute Gasteiger partial charge is 0.493 e. The lowest BCUT2D eigenvalue weighted by atomic mass is 10.1. The van der Waals surface area contributed by atoms with Gasteiger partial charge in [0.15, 0.2) is 0 Å². The normalized spacial score (nSPS) is 20.4. The summed E-state index contributed by atoms with van der Waals surface area (Å²) in [5.41, 5.74) is 2.49. The number of ether oxygens (including phenoxy) is 2. The molecule has 18 heavy (non-hydrogen) atoms. The van der Waals surface area contributed by atoms with Gasteiger partial charge in [0.05, 0.1) is 13.2 Å². The van der Waals surface area contributed by atoms with E-state index in [1.54, 1.807) is 0 Å². The van der Waals surface area contributed by atoms with Crippen molar-refractivity contribution in [3.05, 3.63) is 29.3 Å². The number of rotatable bonds is 4. The number of para-hydroxylation sites is 1. The summed E-state index contributed by atoms with van der Waals surface area (Å²) in [6.45, 7) is 7.00. The van der Waals surface area contributed by atoms with Gasteiger partial charge >= 0.3 is 0 Å². The Hall–Kier alpha value is -0.590. The third-order valence-corrected chi connectivity index (χ3v) is 5.96. The lowest BCUT2D eigenvalue weighted by molar-refractivity contribution is 0.154. The highest BCUT2D eigenvalue weighted by atomic mass is 31.1. The van der Waals surface area contributed by atoms with Gasteiger partial charge in [0.1, 0.15) is 5.75 Å². The molecule has 1 aromatic carbocycles. The van der Waals surface area contributed by atoms with E-state index in [-0.39, 0.29) is 7.92 Å². The van der Waals surface area contributed by atoms with Gasteiger partial charge in [0.25, 0.3) is 0 Å². The summed E-state index contributed by atoms with van der Waals surface area (Å²) in [5.74, 6) is 1.08. The molecule has 1 aromatic rings. The zero-order chi connectivity index (χ0) is 12.8. The van der Waals surface area contributed by atoms with Crippen LogP contribution in [0.25, 0.3) is 0 Å². The van der Waals surface area contributed by atoms with Crippen molar-refractivity contribution in [1.29, 1.82) is 0 Å². The minimum absolute atomic E-state index is 0.136. The fraction of sp³-hybridized carbons (Fsp3) is 0.600. The Balaban J connectivity index is 1.80. The second-order valence-corrected chi connectivity index (χ2v) is 7.56. The number of hydrogen-bond donors (Lipinski definition) is 0. The van der Waals surface area contributed by atoms with Crippen molar-refractivity contribution < 1.29 is 9.47 Å². The highest BCUT2D eigenvalue weighted by Crippen LogP contribution is 2.37. The van der Waals surface area contributed by atoms with E-state index in [2.05, 4.69) is 32.0 Å². The third-order valence-electron chi connectivity index (χ3n) is 3.38. The summed E-state index contributed by atoms with van der Waals surface area (Å²) in [7, 11) is 0.136. The summed E-state index contributed by atoms with van der Waals surface area (Å²) in [6, 6.07) is 6.32. The smallest absolute Gasteiger partial charge is 0.125 e. The molecule has 0 N–H and O–H groups in total. The zero-order valence-electron chi connectivity index (χ0n) is 11.4. The van der Waals surface area contributed by atoms with E-state index in [4.69, 9.17) is 9.47 Å². The van der Waals surface area contributed by atoms with Gasteiger partial charge in [-0.3, -0.25) is 0 Å². The van der Waals surface area contributed by atoms with Gasteiger partial charge in [-0.15, -0.1) is 7.92 Å². The Kier molecular flexibility index (Phi) is 5.46. The quantitative estimate of drug-likeness (QED) is 0.775. The first-order valence-electron chi connectivity index (χ1n) is 6.76. The molecule has 1 heterocycles. The molecule has 1 unspecified atom stereocenters. The maximum Gasteiger partial charge on any atom is 0.125 e. The number of aryl methyl sites for hydroxylation is 2. The second kappa shape index (κ2) is 7.11. The van der Waals surface area contributed by atoms with Gasteiger partial charge in [0, 0.05) is 12.8 Å². The van der Waals surface area contributed by atoms with Crippen LogP contribution in [0.1, 0.15) is 17.5 Å². The predicted octanol–water partition coefficient (Wildman–Crippen LogP) is 3.58. The van der Waals surface area contributed by atoms with Crippen molar-refractivity contribution in [3.63, 3.8) is 0 Å². The molecule has 0 bridgehead atoms. The van der Waals surface area contributed by atoms with Gasteiger partial charge in [-0.2, -0.15) is 0 Å². The monoisotopic (exact) mass is 266 g/mol. The molecule has 2 nitrogen and oxygen atoms in total. The van der Waals surface area contributed by atoms with E-state index in [0.717, 1.165) is 25.6 Å². The van der Waals surface area contributed by atoms with Gasteiger partial charge in [0.2, 0.25) is 0 Å². The molecular formula is C15H23O2P. The topological polar surface area (TPSA) is 18.5 Å². The molecule has 0 aliphatic carbocycles. The molecule has 2 rings (SSSR count). The van der Waals surface area contributed by atoms with E-state index in [0.29, 0.717) is 0 Å².